The number of nitrogens with one attached hydrogen (secondary N) is 2. The lowest BCUT2D eigenvalue weighted by molar-refractivity contribution is -0.137. The lowest BCUT2D eigenvalue weighted by Gasteiger charge is -2.09. The first-order chi connectivity index (χ1) is 8.95. The molecular formula is C13H15F3N2O. The maximum Gasteiger partial charge on any atom is 0.416 e. The molecule has 0 radical (unpaired) electrons. The van der Waals surface area contributed by atoms with Gasteiger partial charge in [0.1, 0.15) is 0 Å². The fourth-order valence-corrected chi connectivity index (χ4v) is 1.62. The first-order valence-electron chi connectivity index (χ1n) is 6.15. The first-order valence-corrected chi connectivity index (χ1v) is 6.15. The number of carbonyl (C=O) groups excluding carboxylic acids is 1. The van der Waals surface area contributed by atoms with Gasteiger partial charge in [0.25, 0.3) is 0 Å². The van der Waals surface area contributed by atoms with Crippen LogP contribution in [0.4, 0.5) is 18.9 Å². The Morgan fingerprint density at radius 2 is 1.84 bits per heavy atom. The van der Waals surface area contributed by atoms with E-state index in [9.17, 15) is 18.0 Å². The van der Waals surface area contributed by atoms with E-state index >= 15 is 0 Å². The molecule has 0 saturated heterocycles. The predicted octanol–water partition coefficient (Wildman–Crippen LogP) is 2.79. The molecule has 19 heavy (non-hydrogen) atoms. The minimum Gasteiger partial charge on any atom is -0.385 e. The topological polar surface area (TPSA) is 41.1 Å². The summed E-state index contributed by atoms with van der Waals surface area (Å²) in [6.07, 6.45) is -1.92. The lowest BCUT2D eigenvalue weighted by Crippen LogP contribution is -2.27. The molecule has 0 heterocycles. The van der Waals surface area contributed by atoms with Crippen LogP contribution in [0, 0.1) is 0 Å². The highest BCUT2D eigenvalue weighted by Crippen LogP contribution is 2.29. The Kier molecular flexibility index (Phi) is 3.97. The van der Waals surface area contributed by atoms with Crippen LogP contribution >= 0.6 is 0 Å². The van der Waals surface area contributed by atoms with Crippen molar-refractivity contribution >= 4 is 11.6 Å². The van der Waals surface area contributed by atoms with Crippen molar-refractivity contribution in [2.45, 2.75) is 31.5 Å². The second kappa shape index (κ2) is 5.50. The van der Waals surface area contributed by atoms with Crippen molar-refractivity contribution in [2.75, 3.05) is 11.9 Å². The van der Waals surface area contributed by atoms with Crippen molar-refractivity contribution in [3.8, 4) is 0 Å². The summed E-state index contributed by atoms with van der Waals surface area (Å²) in [6, 6.07) is 5.10. The van der Waals surface area contributed by atoms with Gasteiger partial charge in [-0.1, -0.05) is 0 Å². The van der Waals surface area contributed by atoms with Crippen LogP contribution < -0.4 is 10.6 Å². The fraction of sp³-hybridized carbons (Fsp3) is 0.462. The van der Waals surface area contributed by atoms with Crippen molar-refractivity contribution in [1.82, 2.24) is 5.32 Å². The van der Waals surface area contributed by atoms with Crippen molar-refractivity contribution in [3.63, 3.8) is 0 Å². The number of rotatable bonds is 5. The third-order valence-electron chi connectivity index (χ3n) is 2.84. The Morgan fingerprint density at radius 1 is 1.21 bits per heavy atom. The molecule has 1 amide bonds. The molecule has 0 atom stereocenters. The zero-order valence-electron chi connectivity index (χ0n) is 10.3. The quantitative estimate of drug-likeness (QED) is 0.865. The molecule has 1 fully saturated rings. The highest BCUT2D eigenvalue weighted by molar-refractivity contribution is 5.77. The van der Waals surface area contributed by atoms with Crippen LogP contribution in [0.2, 0.25) is 0 Å². The third-order valence-corrected chi connectivity index (χ3v) is 2.84. The van der Waals surface area contributed by atoms with Crippen LogP contribution in [-0.4, -0.2) is 18.5 Å². The van der Waals surface area contributed by atoms with Gasteiger partial charge in [0.05, 0.1) is 5.56 Å². The molecule has 1 saturated carbocycles. The van der Waals surface area contributed by atoms with Crippen LogP contribution in [0.5, 0.6) is 0 Å². The Labute approximate surface area is 109 Å². The lowest BCUT2D eigenvalue weighted by atomic mass is 10.2. The predicted molar refractivity (Wildman–Crippen MR) is 65.7 cm³/mol. The fourth-order valence-electron chi connectivity index (χ4n) is 1.62. The molecule has 3 nitrogen and oxygen atoms in total. The molecule has 6 heteroatoms. The summed E-state index contributed by atoms with van der Waals surface area (Å²) in [5.74, 6) is -0.0260. The molecule has 2 rings (SSSR count). The van der Waals surface area contributed by atoms with E-state index < -0.39 is 11.7 Å². The monoisotopic (exact) mass is 272 g/mol. The second-order valence-corrected chi connectivity index (χ2v) is 4.59. The Morgan fingerprint density at radius 3 is 2.37 bits per heavy atom. The van der Waals surface area contributed by atoms with E-state index in [4.69, 9.17) is 0 Å². The minimum atomic E-state index is -4.32. The van der Waals surface area contributed by atoms with Gasteiger partial charge in [-0.3, -0.25) is 4.79 Å². The van der Waals surface area contributed by atoms with Crippen molar-refractivity contribution in [2.24, 2.45) is 0 Å². The second-order valence-electron chi connectivity index (χ2n) is 4.59. The number of alkyl halides is 3. The number of amides is 1. The summed E-state index contributed by atoms with van der Waals surface area (Å²) in [4.78, 5) is 11.4. The normalized spacial score (nSPS) is 15.1. The van der Waals surface area contributed by atoms with E-state index in [2.05, 4.69) is 10.6 Å². The molecule has 0 bridgehead atoms. The maximum absolute atomic E-state index is 12.3. The van der Waals surface area contributed by atoms with Gasteiger partial charge in [-0.25, -0.2) is 0 Å². The number of anilines is 1. The van der Waals surface area contributed by atoms with E-state index in [1.54, 1.807) is 0 Å². The molecule has 0 unspecified atom stereocenters. The molecular weight excluding hydrogens is 257 g/mol. The van der Waals surface area contributed by atoms with Crippen LogP contribution in [0.3, 0.4) is 0 Å². The van der Waals surface area contributed by atoms with E-state index in [1.165, 1.54) is 12.1 Å². The van der Waals surface area contributed by atoms with E-state index in [-0.39, 0.29) is 5.91 Å². The number of halogens is 3. The largest absolute Gasteiger partial charge is 0.416 e. The number of benzene rings is 1. The zero-order valence-corrected chi connectivity index (χ0v) is 10.3. The standard InChI is InChI=1S/C13H15F3N2O/c14-13(15,16)9-1-3-10(4-2-9)17-8-7-12(19)18-11-5-6-11/h1-4,11,17H,5-8H2,(H,18,19). The highest BCUT2D eigenvalue weighted by atomic mass is 19.4. The Hall–Kier alpha value is -1.72. The van der Waals surface area contributed by atoms with Crippen LogP contribution in [0.15, 0.2) is 24.3 Å². The van der Waals surface area contributed by atoms with Gasteiger partial charge in [-0.15, -0.1) is 0 Å². The molecule has 0 aromatic heterocycles. The molecule has 0 spiro atoms. The average molecular weight is 272 g/mol. The summed E-state index contributed by atoms with van der Waals surface area (Å²) in [6.45, 7) is 0.407. The molecule has 1 aliphatic rings. The van der Waals surface area contributed by atoms with Crippen LogP contribution in [-0.2, 0) is 11.0 Å². The summed E-state index contributed by atoms with van der Waals surface area (Å²) >= 11 is 0. The minimum absolute atomic E-state index is 0.0260. The van der Waals surface area contributed by atoms with Gasteiger partial charge in [0.2, 0.25) is 5.91 Å². The number of hydrogen-bond acceptors (Lipinski definition) is 2. The SMILES string of the molecule is O=C(CCNc1ccc(C(F)(F)F)cc1)NC1CC1. The van der Waals surface area contributed by atoms with Crippen molar-refractivity contribution < 1.29 is 18.0 Å². The van der Waals surface area contributed by atoms with Crippen LogP contribution in [0.1, 0.15) is 24.8 Å². The molecule has 1 aliphatic carbocycles. The summed E-state index contributed by atoms with van der Waals surface area (Å²) in [7, 11) is 0. The molecule has 2 N–H and O–H groups in total. The number of carbonyl (C=O) groups is 1. The first kappa shape index (κ1) is 13.7. The molecule has 104 valence electrons. The van der Waals surface area contributed by atoms with Gasteiger partial charge < -0.3 is 10.6 Å². The number of hydrogen-bond donors (Lipinski definition) is 2. The average Bonchev–Trinajstić information content (AvgIpc) is 3.12. The van der Waals surface area contributed by atoms with E-state index in [0.29, 0.717) is 24.7 Å². The summed E-state index contributed by atoms with van der Waals surface area (Å²) in [5, 5.41) is 5.76. The van der Waals surface area contributed by atoms with Gasteiger partial charge in [0, 0.05) is 24.7 Å². The Balaban J connectivity index is 1.74. The Bertz CT molecular complexity index is 438. The van der Waals surface area contributed by atoms with Crippen molar-refractivity contribution in [3.05, 3.63) is 29.8 Å². The van der Waals surface area contributed by atoms with E-state index in [1.807, 2.05) is 0 Å². The third kappa shape index (κ3) is 4.46. The van der Waals surface area contributed by atoms with Gasteiger partial charge in [0.15, 0.2) is 0 Å². The van der Waals surface area contributed by atoms with Crippen LogP contribution in [0.25, 0.3) is 0 Å². The van der Waals surface area contributed by atoms with Gasteiger partial charge in [-0.05, 0) is 37.1 Å². The van der Waals surface area contributed by atoms with E-state index in [0.717, 1.165) is 25.0 Å². The molecule has 0 aliphatic heterocycles. The van der Waals surface area contributed by atoms with Gasteiger partial charge >= 0.3 is 6.18 Å². The highest BCUT2D eigenvalue weighted by Gasteiger charge is 2.29. The summed E-state index contributed by atoms with van der Waals surface area (Å²) < 4.78 is 37.0. The smallest absolute Gasteiger partial charge is 0.385 e. The molecule has 1 aromatic carbocycles. The summed E-state index contributed by atoms with van der Waals surface area (Å²) in [5.41, 5.74) is -0.100. The molecule has 1 aromatic rings. The van der Waals surface area contributed by atoms with Gasteiger partial charge in [-0.2, -0.15) is 13.2 Å². The van der Waals surface area contributed by atoms with Crippen molar-refractivity contribution in [1.29, 1.82) is 0 Å². The maximum atomic E-state index is 12.3. The zero-order chi connectivity index (χ0) is 13.9.